The minimum absolute atomic E-state index is 0.0676. The lowest BCUT2D eigenvalue weighted by molar-refractivity contribution is -0.137. The molecule has 0 aliphatic carbocycles. The zero-order valence-corrected chi connectivity index (χ0v) is 18.0. The molecule has 0 aliphatic heterocycles. The van der Waals surface area contributed by atoms with E-state index in [0.717, 1.165) is 17.7 Å². The van der Waals surface area contributed by atoms with Crippen molar-refractivity contribution in [1.82, 2.24) is 5.32 Å². The highest BCUT2D eigenvalue weighted by Gasteiger charge is 2.30. The van der Waals surface area contributed by atoms with Gasteiger partial charge in [-0.2, -0.15) is 13.2 Å². The zero-order valence-electron chi connectivity index (χ0n) is 18.0. The lowest BCUT2D eigenvalue weighted by atomic mass is 10.1. The molecule has 8 heteroatoms. The van der Waals surface area contributed by atoms with Gasteiger partial charge in [0.1, 0.15) is 0 Å². The van der Waals surface area contributed by atoms with E-state index in [2.05, 4.69) is 10.6 Å². The number of aryl methyl sites for hydroxylation is 1. The van der Waals surface area contributed by atoms with Crippen LogP contribution in [-0.2, 0) is 6.18 Å². The van der Waals surface area contributed by atoms with Crippen molar-refractivity contribution >= 4 is 23.3 Å². The number of nitrogens with one attached hydrogen (secondary N) is 2. The first-order valence-electron chi connectivity index (χ1n) is 10.4. The number of benzene rings is 3. The SMILES string of the molecule is Cc1ccccc1NC(=O)N(CCCNC(=O)c1cccc(C(F)(F)F)c1)c1ccccc1. The largest absolute Gasteiger partial charge is 0.416 e. The van der Waals surface area contributed by atoms with E-state index in [9.17, 15) is 22.8 Å². The number of para-hydroxylation sites is 2. The molecule has 0 bridgehead atoms. The van der Waals surface area contributed by atoms with E-state index in [0.29, 0.717) is 24.3 Å². The maximum Gasteiger partial charge on any atom is 0.416 e. The Hall–Kier alpha value is -3.81. The van der Waals surface area contributed by atoms with Gasteiger partial charge < -0.3 is 10.6 Å². The molecule has 0 unspecified atom stereocenters. The predicted octanol–water partition coefficient (Wildman–Crippen LogP) is 5.87. The fraction of sp³-hybridized carbons (Fsp3) is 0.200. The van der Waals surface area contributed by atoms with Crippen LogP contribution >= 0.6 is 0 Å². The second-order valence-corrected chi connectivity index (χ2v) is 7.42. The van der Waals surface area contributed by atoms with Crippen LogP contribution in [0.2, 0.25) is 0 Å². The van der Waals surface area contributed by atoms with Gasteiger partial charge in [0.25, 0.3) is 5.91 Å². The number of alkyl halides is 3. The molecule has 0 atom stereocenters. The molecule has 0 fully saturated rings. The molecule has 172 valence electrons. The highest BCUT2D eigenvalue weighted by Crippen LogP contribution is 2.29. The van der Waals surface area contributed by atoms with E-state index in [-0.39, 0.29) is 18.1 Å². The number of rotatable bonds is 7. The van der Waals surface area contributed by atoms with Gasteiger partial charge >= 0.3 is 12.2 Å². The number of hydrogen-bond acceptors (Lipinski definition) is 2. The van der Waals surface area contributed by atoms with Crippen molar-refractivity contribution in [3.63, 3.8) is 0 Å². The maximum atomic E-state index is 13.0. The summed E-state index contributed by atoms with van der Waals surface area (Å²) in [6.07, 6.45) is -4.11. The molecule has 0 heterocycles. The highest BCUT2D eigenvalue weighted by atomic mass is 19.4. The molecule has 3 aromatic carbocycles. The molecule has 5 nitrogen and oxygen atoms in total. The van der Waals surface area contributed by atoms with Gasteiger partial charge in [-0.25, -0.2) is 4.79 Å². The number of nitrogens with zero attached hydrogens (tertiary/aromatic N) is 1. The summed E-state index contributed by atoms with van der Waals surface area (Å²) < 4.78 is 38.6. The molecule has 0 aromatic heterocycles. The quantitative estimate of drug-likeness (QED) is 0.438. The summed E-state index contributed by atoms with van der Waals surface area (Å²) >= 11 is 0. The van der Waals surface area contributed by atoms with Gasteiger partial charge in [-0.3, -0.25) is 9.69 Å². The summed E-state index contributed by atoms with van der Waals surface area (Å²) in [5, 5.41) is 5.52. The van der Waals surface area contributed by atoms with E-state index < -0.39 is 17.6 Å². The van der Waals surface area contributed by atoms with Crippen LogP contribution in [-0.4, -0.2) is 25.0 Å². The molecular weight excluding hydrogens is 431 g/mol. The third-order valence-electron chi connectivity index (χ3n) is 5.00. The predicted molar refractivity (Wildman–Crippen MR) is 122 cm³/mol. The van der Waals surface area contributed by atoms with Crippen LogP contribution in [0.4, 0.5) is 29.3 Å². The lowest BCUT2D eigenvalue weighted by Crippen LogP contribution is -2.37. The van der Waals surface area contributed by atoms with Crippen LogP contribution in [0.15, 0.2) is 78.9 Å². The smallest absolute Gasteiger partial charge is 0.352 e. The lowest BCUT2D eigenvalue weighted by Gasteiger charge is -2.24. The average molecular weight is 455 g/mol. The molecule has 0 saturated carbocycles. The third kappa shape index (κ3) is 6.58. The van der Waals surface area contributed by atoms with Crippen LogP contribution in [0, 0.1) is 6.92 Å². The molecular formula is C25H24F3N3O2. The number of anilines is 2. The molecule has 3 amide bonds. The summed E-state index contributed by atoms with van der Waals surface area (Å²) in [6, 6.07) is 20.5. The van der Waals surface area contributed by atoms with Crippen LogP contribution in [0.25, 0.3) is 0 Å². The maximum absolute atomic E-state index is 13.0. The Kier molecular flexibility index (Phi) is 7.71. The van der Waals surface area contributed by atoms with E-state index in [1.165, 1.54) is 12.1 Å². The molecule has 33 heavy (non-hydrogen) atoms. The monoisotopic (exact) mass is 455 g/mol. The van der Waals surface area contributed by atoms with Gasteiger partial charge in [-0.15, -0.1) is 0 Å². The van der Waals surface area contributed by atoms with Crippen LogP contribution in [0.3, 0.4) is 0 Å². The Labute approximate surface area is 190 Å². The average Bonchev–Trinajstić information content (AvgIpc) is 2.80. The van der Waals surface area contributed by atoms with Crippen molar-refractivity contribution in [2.45, 2.75) is 19.5 Å². The second-order valence-electron chi connectivity index (χ2n) is 7.42. The molecule has 0 aliphatic rings. The van der Waals surface area contributed by atoms with Gasteiger partial charge in [0.15, 0.2) is 0 Å². The van der Waals surface area contributed by atoms with Gasteiger partial charge in [0.2, 0.25) is 0 Å². The molecule has 0 radical (unpaired) electrons. The number of urea groups is 1. The van der Waals surface area contributed by atoms with Crippen molar-refractivity contribution in [3.8, 4) is 0 Å². The first-order valence-corrected chi connectivity index (χ1v) is 10.4. The Morgan fingerprint density at radius 1 is 0.909 bits per heavy atom. The Bertz CT molecular complexity index is 1100. The van der Waals surface area contributed by atoms with Crippen LogP contribution in [0.1, 0.15) is 27.9 Å². The van der Waals surface area contributed by atoms with Crippen molar-refractivity contribution in [2.75, 3.05) is 23.3 Å². The number of amides is 3. The standard InChI is InChI=1S/C25H24F3N3O2/c1-18-9-5-6-14-22(18)30-24(33)31(21-12-3-2-4-13-21)16-8-15-29-23(32)19-10-7-11-20(17-19)25(26,27)28/h2-7,9-14,17H,8,15-16H2,1H3,(H,29,32)(H,30,33). The van der Waals surface area contributed by atoms with Gasteiger partial charge in [-0.1, -0.05) is 42.5 Å². The fourth-order valence-corrected chi connectivity index (χ4v) is 3.23. The van der Waals surface area contributed by atoms with Crippen molar-refractivity contribution in [1.29, 1.82) is 0 Å². The first kappa shape index (κ1) is 23.8. The number of halogens is 3. The van der Waals surface area contributed by atoms with Gasteiger partial charge in [0, 0.05) is 30.0 Å². The fourth-order valence-electron chi connectivity index (χ4n) is 3.23. The van der Waals surface area contributed by atoms with Crippen molar-refractivity contribution < 1.29 is 22.8 Å². The molecule has 3 aromatic rings. The van der Waals surface area contributed by atoms with Crippen LogP contribution in [0.5, 0.6) is 0 Å². The van der Waals surface area contributed by atoms with E-state index in [1.54, 1.807) is 17.0 Å². The molecule has 3 rings (SSSR count). The third-order valence-corrected chi connectivity index (χ3v) is 5.00. The molecule has 0 saturated heterocycles. The summed E-state index contributed by atoms with van der Waals surface area (Å²) in [5.74, 6) is -0.600. The first-order chi connectivity index (χ1) is 15.8. The Balaban J connectivity index is 1.62. The highest BCUT2D eigenvalue weighted by molar-refractivity contribution is 6.02. The van der Waals surface area contributed by atoms with E-state index >= 15 is 0 Å². The topological polar surface area (TPSA) is 61.4 Å². The summed E-state index contributed by atoms with van der Waals surface area (Å²) in [6.45, 7) is 2.38. The summed E-state index contributed by atoms with van der Waals surface area (Å²) in [5.41, 5.74) is 1.36. The Morgan fingerprint density at radius 3 is 2.30 bits per heavy atom. The Morgan fingerprint density at radius 2 is 1.61 bits per heavy atom. The second kappa shape index (κ2) is 10.7. The van der Waals surface area contributed by atoms with E-state index in [4.69, 9.17) is 0 Å². The van der Waals surface area contributed by atoms with Gasteiger partial charge in [-0.05, 0) is 55.3 Å². The van der Waals surface area contributed by atoms with Crippen molar-refractivity contribution in [2.24, 2.45) is 0 Å². The molecule has 0 spiro atoms. The summed E-state index contributed by atoms with van der Waals surface area (Å²) in [4.78, 5) is 26.8. The normalized spacial score (nSPS) is 11.0. The molecule has 2 N–H and O–H groups in total. The van der Waals surface area contributed by atoms with Gasteiger partial charge in [0.05, 0.1) is 5.56 Å². The summed E-state index contributed by atoms with van der Waals surface area (Å²) in [7, 11) is 0. The zero-order chi connectivity index (χ0) is 23.8. The minimum atomic E-state index is -4.52. The number of carbonyl (C=O) groups is 2. The van der Waals surface area contributed by atoms with Crippen molar-refractivity contribution in [3.05, 3.63) is 95.6 Å². The van der Waals surface area contributed by atoms with Crippen LogP contribution < -0.4 is 15.5 Å². The number of hydrogen-bond donors (Lipinski definition) is 2. The van der Waals surface area contributed by atoms with E-state index in [1.807, 2.05) is 49.4 Å². The minimum Gasteiger partial charge on any atom is -0.352 e. The number of carbonyl (C=O) groups excluding carboxylic acids is 2.